The number of carbonyl (C=O) groups is 1. The fraction of sp³-hybridized carbons (Fsp3) is 0.200. The molecule has 0 fully saturated rings. The minimum atomic E-state index is -1.05. The molecule has 0 aliphatic heterocycles. The highest BCUT2D eigenvalue weighted by Crippen LogP contribution is 2.26. The number of aryl methyl sites for hydroxylation is 2. The van der Waals surface area contributed by atoms with Crippen LogP contribution in [0.2, 0.25) is 5.02 Å². The highest BCUT2D eigenvalue weighted by molar-refractivity contribution is 6.32. The molecule has 0 radical (unpaired) electrons. The summed E-state index contributed by atoms with van der Waals surface area (Å²) < 4.78 is 5.63. The van der Waals surface area contributed by atoms with Crippen molar-refractivity contribution in [3.63, 3.8) is 0 Å². The average molecular weight is 292 g/mol. The van der Waals surface area contributed by atoms with Crippen LogP contribution in [0.25, 0.3) is 0 Å². The van der Waals surface area contributed by atoms with Crippen LogP contribution in [0.15, 0.2) is 30.3 Å². The maximum atomic E-state index is 10.8. The molecule has 5 heteroatoms. The zero-order valence-electron chi connectivity index (χ0n) is 11.2. The molecule has 20 heavy (non-hydrogen) atoms. The van der Waals surface area contributed by atoms with Gasteiger partial charge in [0.15, 0.2) is 0 Å². The lowest BCUT2D eigenvalue weighted by Gasteiger charge is -2.10. The normalized spacial score (nSPS) is 10.3. The van der Waals surface area contributed by atoms with Gasteiger partial charge in [-0.2, -0.15) is 0 Å². The van der Waals surface area contributed by atoms with Crippen molar-refractivity contribution in [1.29, 1.82) is 0 Å². The van der Waals surface area contributed by atoms with Crippen molar-refractivity contribution in [2.45, 2.75) is 20.5 Å². The fourth-order valence-corrected chi connectivity index (χ4v) is 1.93. The highest BCUT2D eigenvalue weighted by Gasteiger charge is 2.07. The lowest BCUT2D eigenvalue weighted by molar-refractivity contribution is 0.0690. The van der Waals surface area contributed by atoms with Gasteiger partial charge < -0.3 is 9.84 Å². The van der Waals surface area contributed by atoms with Crippen molar-refractivity contribution in [1.82, 2.24) is 4.98 Å². The second-order valence-electron chi connectivity index (χ2n) is 4.48. The van der Waals surface area contributed by atoms with Crippen LogP contribution in [0, 0.1) is 13.8 Å². The molecule has 1 N–H and O–H groups in total. The molecule has 0 bridgehead atoms. The monoisotopic (exact) mass is 291 g/mol. The molecule has 0 spiro atoms. The maximum absolute atomic E-state index is 10.8. The molecule has 1 aromatic carbocycles. The number of ether oxygens (including phenoxy) is 1. The van der Waals surface area contributed by atoms with Crippen LogP contribution >= 0.6 is 11.6 Å². The summed E-state index contributed by atoms with van der Waals surface area (Å²) in [4.78, 5) is 14.8. The van der Waals surface area contributed by atoms with Gasteiger partial charge in [-0.15, -0.1) is 0 Å². The molecule has 0 aliphatic rings. The zero-order chi connectivity index (χ0) is 14.7. The Kier molecular flexibility index (Phi) is 4.25. The average Bonchev–Trinajstić information content (AvgIpc) is 2.42. The highest BCUT2D eigenvalue weighted by atomic mass is 35.5. The number of halogens is 1. The first kappa shape index (κ1) is 14.3. The molecule has 4 nitrogen and oxygen atoms in total. The third-order valence-electron chi connectivity index (χ3n) is 2.82. The van der Waals surface area contributed by atoms with Crippen molar-refractivity contribution < 1.29 is 14.6 Å². The van der Waals surface area contributed by atoms with E-state index in [1.165, 1.54) is 6.07 Å². The number of carboxylic acids is 1. The summed E-state index contributed by atoms with van der Waals surface area (Å²) in [5.41, 5.74) is 2.45. The fourth-order valence-electron chi connectivity index (χ4n) is 1.83. The third kappa shape index (κ3) is 3.27. The van der Waals surface area contributed by atoms with Gasteiger partial charge in [-0.1, -0.05) is 17.7 Å². The third-order valence-corrected chi connectivity index (χ3v) is 3.42. The minimum absolute atomic E-state index is 0.00886. The van der Waals surface area contributed by atoms with Gasteiger partial charge in [-0.25, -0.2) is 9.78 Å². The molecule has 0 saturated heterocycles. The Morgan fingerprint density at radius 1 is 1.30 bits per heavy atom. The predicted octanol–water partition coefficient (Wildman–Crippen LogP) is 3.63. The summed E-state index contributed by atoms with van der Waals surface area (Å²) in [6.45, 7) is 4.03. The summed E-state index contributed by atoms with van der Waals surface area (Å²) in [7, 11) is 0. The van der Waals surface area contributed by atoms with Crippen LogP contribution in [0.5, 0.6) is 5.75 Å². The second kappa shape index (κ2) is 5.92. The molecule has 0 atom stereocenters. The summed E-state index contributed by atoms with van der Waals surface area (Å²) in [5, 5.41) is 9.61. The number of rotatable bonds is 4. The first-order chi connectivity index (χ1) is 9.47. The van der Waals surface area contributed by atoms with Crippen molar-refractivity contribution in [2.24, 2.45) is 0 Å². The Morgan fingerprint density at radius 2 is 1.95 bits per heavy atom. The van der Waals surface area contributed by atoms with E-state index in [1.807, 2.05) is 26.0 Å². The summed E-state index contributed by atoms with van der Waals surface area (Å²) in [6, 6.07) is 8.50. The van der Waals surface area contributed by atoms with Gasteiger partial charge in [-0.3, -0.25) is 0 Å². The number of pyridine rings is 1. The Hall–Kier alpha value is -2.07. The molecule has 2 rings (SSSR count). The van der Waals surface area contributed by atoms with E-state index in [1.54, 1.807) is 12.1 Å². The molecule has 0 unspecified atom stereocenters. The van der Waals surface area contributed by atoms with E-state index in [2.05, 4.69) is 4.98 Å². The number of hydrogen-bond acceptors (Lipinski definition) is 3. The van der Waals surface area contributed by atoms with Gasteiger partial charge in [0.25, 0.3) is 0 Å². The molecule has 1 aromatic heterocycles. The number of aromatic nitrogens is 1. The number of aromatic carboxylic acids is 1. The topological polar surface area (TPSA) is 59.4 Å². The van der Waals surface area contributed by atoms with Crippen LogP contribution in [0.3, 0.4) is 0 Å². The Labute approximate surface area is 122 Å². The van der Waals surface area contributed by atoms with Gasteiger partial charge in [0.2, 0.25) is 0 Å². The van der Waals surface area contributed by atoms with Gasteiger partial charge in [0.1, 0.15) is 18.1 Å². The van der Waals surface area contributed by atoms with E-state index in [-0.39, 0.29) is 12.3 Å². The number of nitrogens with zero attached hydrogens (tertiary/aromatic N) is 1. The molecule has 2 aromatic rings. The van der Waals surface area contributed by atoms with Crippen LogP contribution < -0.4 is 4.74 Å². The van der Waals surface area contributed by atoms with Crippen LogP contribution in [-0.4, -0.2) is 16.1 Å². The van der Waals surface area contributed by atoms with Crippen LogP contribution in [-0.2, 0) is 6.61 Å². The largest absolute Gasteiger partial charge is 0.487 e. The minimum Gasteiger partial charge on any atom is -0.487 e. The van der Waals surface area contributed by atoms with Gasteiger partial charge in [0.05, 0.1) is 5.69 Å². The molecule has 0 amide bonds. The molecule has 104 valence electrons. The quantitative estimate of drug-likeness (QED) is 0.934. The lowest BCUT2D eigenvalue weighted by Crippen LogP contribution is -2.05. The molecule has 1 heterocycles. The Bertz CT molecular complexity index is 632. The van der Waals surface area contributed by atoms with E-state index >= 15 is 0 Å². The van der Waals surface area contributed by atoms with E-state index in [0.717, 1.165) is 16.1 Å². The van der Waals surface area contributed by atoms with Crippen LogP contribution in [0.1, 0.15) is 27.3 Å². The van der Waals surface area contributed by atoms with Gasteiger partial charge in [0, 0.05) is 5.02 Å². The summed E-state index contributed by atoms with van der Waals surface area (Å²) in [6.07, 6.45) is 0. The Morgan fingerprint density at radius 3 is 2.55 bits per heavy atom. The van der Waals surface area contributed by atoms with E-state index < -0.39 is 5.97 Å². The van der Waals surface area contributed by atoms with E-state index in [9.17, 15) is 4.79 Å². The molecular weight excluding hydrogens is 278 g/mol. The summed E-state index contributed by atoms with van der Waals surface area (Å²) >= 11 is 6.09. The molecule has 0 saturated carbocycles. The lowest BCUT2D eigenvalue weighted by atomic mass is 10.1. The molecule has 0 aliphatic carbocycles. The van der Waals surface area contributed by atoms with Crippen molar-refractivity contribution in [2.75, 3.05) is 0 Å². The van der Waals surface area contributed by atoms with E-state index in [4.69, 9.17) is 21.4 Å². The van der Waals surface area contributed by atoms with Crippen molar-refractivity contribution in [3.05, 3.63) is 57.9 Å². The smallest absolute Gasteiger partial charge is 0.354 e. The number of benzene rings is 1. The zero-order valence-corrected chi connectivity index (χ0v) is 11.9. The first-order valence-corrected chi connectivity index (χ1v) is 6.44. The summed E-state index contributed by atoms with van der Waals surface area (Å²) in [5.74, 6) is -0.364. The van der Waals surface area contributed by atoms with Crippen molar-refractivity contribution in [3.8, 4) is 5.75 Å². The maximum Gasteiger partial charge on any atom is 0.354 e. The number of hydrogen-bond donors (Lipinski definition) is 1. The van der Waals surface area contributed by atoms with Gasteiger partial charge in [-0.05, 0) is 49.2 Å². The van der Waals surface area contributed by atoms with E-state index in [0.29, 0.717) is 11.4 Å². The van der Waals surface area contributed by atoms with Gasteiger partial charge >= 0.3 is 5.97 Å². The van der Waals surface area contributed by atoms with Crippen LogP contribution in [0.4, 0.5) is 0 Å². The SMILES string of the molecule is Cc1cc(OCc2cccc(C(=O)O)n2)cc(C)c1Cl. The number of carboxylic acid groups (broad SMARTS) is 1. The first-order valence-electron chi connectivity index (χ1n) is 6.06. The standard InChI is InChI=1S/C15H14ClNO3/c1-9-6-12(7-10(2)14(9)16)20-8-11-4-3-5-13(17-11)15(18)19/h3-7H,8H2,1-2H3,(H,18,19). The van der Waals surface area contributed by atoms with Crippen molar-refractivity contribution >= 4 is 17.6 Å². The second-order valence-corrected chi connectivity index (χ2v) is 4.86. The Balaban J connectivity index is 2.13. The predicted molar refractivity (Wildman–Crippen MR) is 76.5 cm³/mol. The molecular formula is C15H14ClNO3.